The number of amides is 1. The molecule has 1 aliphatic heterocycles. The van der Waals surface area contributed by atoms with Gasteiger partial charge in [0.1, 0.15) is 5.75 Å². The molecule has 0 aliphatic carbocycles. The van der Waals surface area contributed by atoms with Gasteiger partial charge >= 0.3 is 6.09 Å². The smallest absolute Gasteiger partial charge is 0.414 e. The minimum absolute atomic E-state index is 0.162. The zero-order valence-electron chi connectivity index (χ0n) is 16.8. The number of aryl methyl sites for hydroxylation is 1. The van der Waals surface area contributed by atoms with Gasteiger partial charge in [0, 0.05) is 13.1 Å². The highest BCUT2D eigenvalue weighted by Gasteiger charge is 2.24. The van der Waals surface area contributed by atoms with Crippen LogP contribution in [0.1, 0.15) is 38.7 Å². The Hall–Kier alpha value is -2.27. The van der Waals surface area contributed by atoms with Crippen LogP contribution in [0.15, 0.2) is 43.0 Å². The molecule has 0 spiro atoms. The maximum atomic E-state index is 12.4. The number of unbranched alkanes of at least 4 members (excludes halogenated alkanes) is 1. The largest absolute Gasteiger partial charge is 0.472 e. The fourth-order valence-corrected chi connectivity index (χ4v) is 3.11. The van der Waals surface area contributed by atoms with Gasteiger partial charge < -0.3 is 9.47 Å². The first-order chi connectivity index (χ1) is 13.1. The number of carbonyl (C=O) groups excluding carboxylic acids is 1. The molecule has 27 heavy (non-hydrogen) atoms. The Bertz CT molecular complexity index is 657. The van der Waals surface area contributed by atoms with Crippen LogP contribution in [0.3, 0.4) is 0 Å². The van der Waals surface area contributed by atoms with Crippen molar-refractivity contribution in [1.82, 2.24) is 4.90 Å². The molecule has 1 unspecified atom stereocenters. The Morgan fingerprint density at radius 3 is 2.96 bits per heavy atom. The molecule has 1 heterocycles. The molecule has 2 rings (SSSR count). The molecule has 0 radical (unpaired) electrons. The molecule has 0 bridgehead atoms. The molecular formula is C22H32N2O3. The van der Waals surface area contributed by atoms with Gasteiger partial charge in [0.15, 0.2) is 6.23 Å². The first kappa shape index (κ1) is 21.0. The lowest BCUT2D eigenvalue weighted by atomic mass is 10.0. The van der Waals surface area contributed by atoms with E-state index in [9.17, 15) is 4.79 Å². The number of anilines is 1. The summed E-state index contributed by atoms with van der Waals surface area (Å²) in [4.78, 5) is 16.2. The van der Waals surface area contributed by atoms with Gasteiger partial charge in [-0.25, -0.2) is 4.79 Å². The van der Waals surface area contributed by atoms with E-state index in [2.05, 4.69) is 18.4 Å². The fourth-order valence-electron chi connectivity index (χ4n) is 3.11. The van der Waals surface area contributed by atoms with E-state index in [1.165, 1.54) is 0 Å². The topological polar surface area (TPSA) is 42.0 Å². The van der Waals surface area contributed by atoms with Crippen molar-refractivity contribution in [3.8, 4) is 5.75 Å². The van der Waals surface area contributed by atoms with Crippen LogP contribution in [0.25, 0.3) is 0 Å². The quantitative estimate of drug-likeness (QED) is 0.356. The number of likely N-dealkylation sites (N-methyl/N-ethyl adjacent to an activating group) is 1. The number of benzene rings is 1. The van der Waals surface area contributed by atoms with E-state index in [1.807, 2.05) is 50.4 Å². The van der Waals surface area contributed by atoms with Crippen LogP contribution in [-0.4, -0.2) is 44.0 Å². The van der Waals surface area contributed by atoms with Gasteiger partial charge in [0.25, 0.3) is 0 Å². The van der Waals surface area contributed by atoms with Crippen LogP contribution in [0.2, 0.25) is 0 Å². The average molecular weight is 373 g/mol. The second kappa shape index (κ2) is 10.8. The number of fused-ring (bicyclic) bond motifs is 1. The highest BCUT2D eigenvalue weighted by atomic mass is 16.6. The normalized spacial score (nSPS) is 14.9. The molecule has 5 heteroatoms. The standard InChI is InChI=1S/C22H32N2O3/c1-5-8-16-26-22(25)24-15-9-11-18-17-19(12-13-20(18)24)27-21(10-6-2)23(4)14-7-3/h6-7,10,12-13,17,21H,3,5,8-9,11,14-16H2,1-2,4H3. The molecule has 1 atom stereocenters. The van der Waals surface area contributed by atoms with Crippen molar-refractivity contribution >= 4 is 11.8 Å². The highest BCUT2D eigenvalue weighted by Crippen LogP contribution is 2.31. The number of ether oxygens (including phenoxy) is 2. The van der Waals surface area contributed by atoms with Crippen LogP contribution in [0, 0.1) is 0 Å². The van der Waals surface area contributed by atoms with E-state index in [4.69, 9.17) is 9.47 Å². The first-order valence-electron chi connectivity index (χ1n) is 9.78. The summed E-state index contributed by atoms with van der Waals surface area (Å²) < 4.78 is 11.6. The summed E-state index contributed by atoms with van der Waals surface area (Å²) in [5.74, 6) is 0.800. The van der Waals surface area contributed by atoms with Crippen molar-refractivity contribution in [2.75, 3.05) is 31.6 Å². The zero-order chi connectivity index (χ0) is 19.6. The number of allylic oxidation sites excluding steroid dienone is 1. The van der Waals surface area contributed by atoms with E-state index in [1.54, 1.807) is 4.90 Å². The third-order valence-corrected chi connectivity index (χ3v) is 4.58. The van der Waals surface area contributed by atoms with E-state index < -0.39 is 0 Å². The van der Waals surface area contributed by atoms with Gasteiger partial charge in [-0.15, -0.1) is 6.58 Å². The van der Waals surface area contributed by atoms with Gasteiger partial charge in [-0.05, 0) is 63.1 Å². The van der Waals surface area contributed by atoms with Crippen molar-refractivity contribution in [3.05, 3.63) is 48.6 Å². The lowest BCUT2D eigenvalue weighted by molar-refractivity contribution is 0.0947. The van der Waals surface area contributed by atoms with Crippen LogP contribution in [0.4, 0.5) is 10.5 Å². The minimum Gasteiger partial charge on any atom is -0.472 e. The molecule has 5 nitrogen and oxygen atoms in total. The van der Waals surface area contributed by atoms with E-state index >= 15 is 0 Å². The fraction of sp³-hybridized carbons (Fsp3) is 0.500. The zero-order valence-corrected chi connectivity index (χ0v) is 16.8. The summed E-state index contributed by atoms with van der Waals surface area (Å²) in [6.07, 6.45) is 9.20. The van der Waals surface area contributed by atoms with Gasteiger partial charge in [-0.1, -0.05) is 25.5 Å². The minimum atomic E-state index is -0.254. The molecule has 0 N–H and O–H groups in total. The second-order valence-corrected chi connectivity index (χ2v) is 6.78. The van der Waals surface area contributed by atoms with Crippen molar-refractivity contribution in [2.45, 2.75) is 45.8 Å². The number of nitrogens with zero attached hydrogens (tertiary/aromatic N) is 2. The predicted molar refractivity (Wildman–Crippen MR) is 110 cm³/mol. The van der Waals surface area contributed by atoms with Crippen LogP contribution < -0.4 is 9.64 Å². The summed E-state index contributed by atoms with van der Waals surface area (Å²) in [5.41, 5.74) is 2.05. The Morgan fingerprint density at radius 1 is 1.44 bits per heavy atom. The van der Waals surface area contributed by atoms with Gasteiger partial charge in [-0.3, -0.25) is 9.80 Å². The van der Waals surface area contributed by atoms with Crippen molar-refractivity contribution in [1.29, 1.82) is 0 Å². The number of carbonyl (C=O) groups is 1. The third-order valence-electron chi connectivity index (χ3n) is 4.58. The molecule has 148 valence electrons. The lowest BCUT2D eigenvalue weighted by Crippen LogP contribution is -2.36. The number of rotatable bonds is 9. The number of hydrogen-bond donors (Lipinski definition) is 0. The monoisotopic (exact) mass is 372 g/mol. The van der Waals surface area contributed by atoms with Gasteiger partial charge in [0.05, 0.1) is 12.3 Å². The van der Waals surface area contributed by atoms with Crippen molar-refractivity contribution < 1.29 is 14.3 Å². The molecule has 1 aromatic carbocycles. The molecule has 0 saturated carbocycles. The lowest BCUT2D eigenvalue weighted by Gasteiger charge is -2.30. The summed E-state index contributed by atoms with van der Waals surface area (Å²) in [6.45, 7) is 9.75. The molecule has 1 aliphatic rings. The first-order valence-corrected chi connectivity index (χ1v) is 9.78. The summed E-state index contributed by atoms with van der Waals surface area (Å²) in [7, 11) is 2.00. The SMILES string of the molecule is C=CCN(C)C(C=CC)Oc1ccc2c(c1)CCCN2C(=O)OCCCC. The summed E-state index contributed by atoms with van der Waals surface area (Å²) in [6, 6.07) is 5.93. The average Bonchev–Trinajstić information content (AvgIpc) is 2.67. The Labute approximate surface area is 163 Å². The Morgan fingerprint density at radius 2 is 2.26 bits per heavy atom. The van der Waals surface area contributed by atoms with Gasteiger partial charge in [-0.2, -0.15) is 0 Å². The van der Waals surface area contributed by atoms with Crippen molar-refractivity contribution in [3.63, 3.8) is 0 Å². The maximum absolute atomic E-state index is 12.4. The molecule has 1 aromatic rings. The van der Waals surface area contributed by atoms with Crippen LogP contribution in [-0.2, 0) is 11.2 Å². The van der Waals surface area contributed by atoms with E-state index in [0.29, 0.717) is 13.2 Å². The predicted octanol–water partition coefficient (Wildman–Crippen LogP) is 4.77. The second-order valence-electron chi connectivity index (χ2n) is 6.78. The Kier molecular flexibility index (Phi) is 8.40. The van der Waals surface area contributed by atoms with Crippen LogP contribution in [0.5, 0.6) is 5.75 Å². The maximum Gasteiger partial charge on any atom is 0.414 e. The molecule has 1 amide bonds. The molecule has 0 fully saturated rings. The molecular weight excluding hydrogens is 340 g/mol. The van der Waals surface area contributed by atoms with E-state index in [-0.39, 0.29) is 12.3 Å². The highest BCUT2D eigenvalue weighted by molar-refractivity contribution is 5.89. The molecule has 0 saturated heterocycles. The van der Waals surface area contributed by atoms with Crippen molar-refractivity contribution in [2.24, 2.45) is 0 Å². The van der Waals surface area contributed by atoms with Crippen LogP contribution >= 0.6 is 0 Å². The Balaban J connectivity index is 2.12. The van der Waals surface area contributed by atoms with Gasteiger partial charge in [0.2, 0.25) is 0 Å². The van der Waals surface area contributed by atoms with E-state index in [0.717, 1.165) is 49.2 Å². The summed E-state index contributed by atoms with van der Waals surface area (Å²) in [5, 5.41) is 0. The third kappa shape index (κ3) is 5.86. The molecule has 0 aromatic heterocycles. The number of hydrogen-bond acceptors (Lipinski definition) is 4. The summed E-state index contributed by atoms with van der Waals surface area (Å²) >= 11 is 0.